The number of hydrogen-bond donors (Lipinski definition) is 1. The molecule has 0 amide bonds. The summed E-state index contributed by atoms with van der Waals surface area (Å²) in [6, 6.07) is 11.2. The van der Waals surface area contributed by atoms with E-state index in [1.165, 1.54) is 0 Å². The van der Waals surface area contributed by atoms with Gasteiger partial charge in [0, 0.05) is 11.6 Å². The van der Waals surface area contributed by atoms with E-state index in [9.17, 15) is 0 Å². The minimum atomic E-state index is -0.231. The van der Waals surface area contributed by atoms with E-state index < -0.39 is 0 Å². The monoisotopic (exact) mass is 258 g/mol. The number of nitriles is 1. The van der Waals surface area contributed by atoms with Gasteiger partial charge in [-0.3, -0.25) is 0 Å². The Kier molecular flexibility index (Phi) is 3.98. The molecule has 2 aromatic rings. The Balaban J connectivity index is 2.28. The van der Waals surface area contributed by atoms with Crippen LogP contribution in [-0.2, 0) is 0 Å². The summed E-state index contributed by atoms with van der Waals surface area (Å²) in [5.41, 5.74) is 7.53. The molecule has 0 bridgehead atoms. The third kappa shape index (κ3) is 2.70. The maximum atomic E-state index is 9.04. The van der Waals surface area contributed by atoms with E-state index in [-0.39, 0.29) is 12.1 Å². The fourth-order valence-corrected chi connectivity index (χ4v) is 2.40. The summed E-state index contributed by atoms with van der Waals surface area (Å²) in [4.78, 5) is 0. The first-order valence-corrected chi connectivity index (χ1v) is 6.60. The van der Waals surface area contributed by atoms with Gasteiger partial charge < -0.3 is 10.5 Å². The predicted octanol–water partition coefficient (Wildman–Crippen LogP) is 3.09. The molecule has 18 heavy (non-hydrogen) atoms. The molecule has 0 aliphatic rings. The maximum Gasteiger partial charge on any atom is 0.139 e. The molecule has 1 aromatic heterocycles. The first kappa shape index (κ1) is 12.6. The molecule has 0 fully saturated rings. The summed E-state index contributed by atoms with van der Waals surface area (Å²) in [6.07, 6.45) is -0.231. The number of benzene rings is 1. The Hall–Kier alpha value is -1.83. The molecule has 0 saturated heterocycles. The van der Waals surface area contributed by atoms with Gasteiger partial charge in [-0.1, -0.05) is 12.1 Å². The molecular formula is C14H14N2OS. The normalized spacial score (nSPS) is 13.6. The van der Waals surface area contributed by atoms with Crippen LogP contribution in [0, 0.1) is 11.3 Å². The number of para-hydroxylation sites is 1. The third-order valence-electron chi connectivity index (χ3n) is 2.61. The molecule has 92 valence electrons. The number of nitrogens with two attached hydrogens (primary N) is 1. The van der Waals surface area contributed by atoms with Gasteiger partial charge in [-0.05, 0) is 35.9 Å². The first-order valence-electron chi connectivity index (χ1n) is 5.66. The van der Waals surface area contributed by atoms with Crippen molar-refractivity contribution >= 4 is 11.3 Å². The predicted molar refractivity (Wildman–Crippen MR) is 72.5 cm³/mol. The fraction of sp³-hybridized carbons (Fsp3) is 0.214. The highest BCUT2D eigenvalue weighted by atomic mass is 32.1. The summed E-state index contributed by atoms with van der Waals surface area (Å²) in [7, 11) is 0. The summed E-state index contributed by atoms with van der Waals surface area (Å²) in [6.45, 7) is 1.90. The molecule has 2 rings (SSSR count). The highest BCUT2D eigenvalue weighted by molar-refractivity contribution is 7.07. The van der Waals surface area contributed by atoms with Gasteiger partial charge in [-0.2, -0.15) is 16.6 Å². The van der Waals surface area contributed by atoms with Crippen LogP contribution < -0.4 is 10.5 Å². The second-order valence-corrected chi connectivity index (χ2v) is 4.84. The zero-order valence-corrected chi connectivity index (χ0v) is 10.9. The van der Waals surface area contributed by atoms with Crippen LogP contribution in [0.1, 0.15) is 24.2 Å². The van der Waals surface area contributed by atoms with E-state index in [2.05, 4.69) is 6.07 Å². The van der Waals surface area contributed by atoms with E-state index in [4.69, 9.17) is 15.7 Å². The Bertz CT molecular complexity index is 543. The molecule has 3 nitrogen and oxygen atoms in total. The Labute approximate surface area is 110 Å². The van der Waals surface area contributed by atoms with E-state index in [1.54, 1.807) is 23.5 Å². The molecule has 0 radical (unpaired) electrons. The SMILES string of the molecule is CC(N)C(Oc1ccccc1C#N)c1ccsc1. The van der Waals surface area contributed by atoms with Crippen molar-refractivity contribution in [1.82, 2.24) is 0 Å². The van der Waals surface area contributed by atoms with Crippen molar-refractivity contribution in [1.29, 1.82) is 5.26 Å². The second-order valence-electron chi connectivity index (χ2n) is 4.06. The highest BCUT2D eigenvalue weighted by Crippen LogP contribution is 2.27. The molecule has 2 N–H and O–H groups in total. The van der Waals surface area contributed by atoms with E-state index in [0.717, 1.165) is 5.56 Å². The lowest BCUT2D eigenvalue weighted by Crippen LogP contribution is -2.28. The number of hydrogen-bond acceptors (Lipinski definition) is 4. The highest BCUT2D eigenvalue weighted by Gasteiger charge is 2.19. The number of ether oxygens (including phenoxy) is 1. The largest absolute Gasteiger partial charge is 0.483 e. The average Bonchev–Trinajstić information content (AvgIpc) is 2.89. The van der Waals surface area contributed by atoms with E-state index in [1.807, 2.05) is 35.9 Å². The van der Waals surface area contributed by atoms with Gasteiger partial charge in [0.1, 0.15) is 17.9 Å². The average molecular weight is 258 g/mol. The summed E-state index contributed by atoms with van der Waals surface area (Å²) in [5, 5.41) is 13.0. The number of rotatable bonds is 4. The van der Waals surface area contributed by atoms with Gasteiger partial charge in [0.2, 0.25) is 0 Å². The van der Waals surface area contributed by atoms with Gasteiger partial charge >= 0.3 is 0 Å². The molecule has 2 unspecified atom stereocenters. The van der Waals surface area contributed by atoms with E-state index in [0.29, 0.717) is 11.3 Å². The molecule has 4 heteroatoms. The lowest BCUT2D eigenvalue weighted by molar-refractivity contribution is 0.180. The van der Waals surface area contributed by atoms with Crippen molar-refractivity contribution in [3.05, 3.63) is 52.2 Å². The van der Waals surface area contributed by atoms with Crippen LogP contribution in [0.15, 0.2) is 41.1 Å². The minimum absolute atomic E-state index is 0.147. The van der Waals surface area contributed by atoms with Crippen molar-refractivity contribution in [3.8, 4) is 11.8 Å². The first-order chi connectivity index (χ1) is 8.72. The van der Waals surface area contributed by atoms with Crippen molar-refractivity contribution in [2.75, 3.05) is 0 Å². The van der Waals surface area contributed by atoms with Crippen molar-refractivity contribution in [2.24, 2.45) is 5.73 Å². The van der Waals surface area contributed by atoms with Crippen LogP contribution in [-0.4, -0.2) is 6.04 Å². The standard InChI is InChI=1S/C14H14N2OS/c1-10(16)14(12-6-7-18-9-12)17-13-5-3-2-4-11(13)8-15/h2-7,9-10,14H,16H2,1H3. The summed E-state index contributed by atoms with van der Waals surface area (Å²) < 4.78 is 5.90. The third-order valence-corrected chi connectivity index (χ3v) is 3.31. The molecular weight excluding hydrogens is 244 g/mol. The topological polar surface area (TPSA) is 59.0 Å². The lowest BCUT2D eigenvalue weighted by atomic mass is 10.1. The van der Waals surface area contributed by atoms with Gasteiger partial charge in [0.25, 0.3) is 0 Å². The minimum Gasteiger partial charge on any atom is -0.483 e. The van der Waals surface area contributed by atoms with Crippen LogP contribution in [0.3, 0.4) is 0 Å². The zero-order chi connectivity index (χ0) is 13.0. The van der Waals surface area contributed by atoms with E-state index >= 15 is 0 Å². The zero-order valence-electron chi connectivity index (χ0n) is 10.0. The molecule has 1 aromatic carbocycles. The maximum absolute atomic E-state index is 9.04. The van der Waals surface area contributed by atoms with Crippen LogP contribution >= 0.6 is 11.3 Å². The van der Waals surface area contributed by atoms with Crippen LogP contribution in [0.5, 0.6) is 5.75 Å². The fourth-order valence-electron chi connectivity index (χ4n) is 1.71. The van der Waals surface area contributed by atoms with Gasteiger partial charge in [-0.15, -0.1) is 0 Å². The van der Waals surface area contributed by atoms with Gasteiger partial charge in [0.05, 0.1) is 5.56 Å². The Morgan fingerprint density at radius 3 is 2.72 bits per heavy atom. The smallest absolute Gasteiger partial charge is 0.139 e. The summed E-state index contributed by atoms with van der Waals surface area (Å²) >= 11 is 1.61. The quantitative estimate of drug-likeness (QED) is 0.916. The molecule has 1 heterocycles. The number of nitrogens with zero attached hydrogens (tertiary/aromatic N) is 1. The van der Waals surface area contributed by atoms with Crippen molar-refractivity contribution in [2.45, 2.75) is 19.1 Å². The van der Waals surface area contributed by atoms with Crippen LogP contribution in [0.2, 0.25) is 0 Å². The Morgan fingerprint density at radius 1 is 1.33 bits per heavy atom. The van der Waals surface area contributed by atoms with Gasteiger partial charge in [-0.25, -0.2) is 0 Å². The van der Waals surface area contributed by atoms with Crippen molar-refractivity contribution < 1.29 is 4.74 Å². The van der Waals surface area contributed by atoms with Gasteiger partial charge in [0.15, 0.2) is 0 Å². The van der Waals surface area contributed by atoms with Crippen molar-refractivity contribution in [3.63, 3.8) is 0 Å². The molecule has 0 saturated carbocycles. The molecule has 0 spiro atoms. The molecule has 2 atom stereocenters. The van der Waals surface area contributed by atoms with Crippen LogP contribution in [0.4, 0.5) is 0 Å². The lowest BCUT2D eigenvalue weighted by Gasteiger charge is -2.22. The van der Waals surface area contributed by atoms with Crippen LogP contribution in [0.25, 0.3) is 0 Å². The molecule has 0 aliphatic heterocycles. The second kappa shape index (κ2) is 5.67. The Morgan fingerprint density at radius 2 is 2.11 bits per heavy atom. The number of thiophene rings is 1. The molecule has 0 aliphatic carbocycles. The summed E-state index contributed by atoms with van der Waals surface area (Å²) in [5.74, 6) is 0.577.